The summed E-state index contributed by atoms with van der Waals surface area (Å²) in [6.07, 6.45) is 6.99. The molecule has 1 saturated carbocycles. The standard InChI is InChI=1S/C20H39N5O.HI/c1-16(25-10-11-26-15-17(25)2)12-22-20(21-3)23-19-8-9-24(14-19)13-18-6-4-5-7-18;/h16-19H,4-15H2,1-3H3,(H2,21,22,23);1H. The molecule has 0 spiro atoms. The average Bonchev–Trinajstić information content (AvgIpc) is 3.31. The van der Waals surface area contributed by atoms with Gasteiger partial charge in [0.1, 0.15) is 0 Å². The summed E-state index contributed by atoms with van der Waals surface area (Å²) in [5.41, 5.74) is 0. The van der Waals surface area contributed by atoms with E-state index in [1.807, 2.05) is 7.05 Å². The molecular weight excluding hydrogens is 453 g/mol. The van der Waals surface area contributed by atoms with Crippen LogP contribution in [-0.2, 0) is 4.74 Å². The molecule has 0 amide bonds. The van der Waals surface area contributed by atoms with Crippen LogP contribution in [0, 0.1) is 5.92 Å². The molecule has 0 radical (unpaired) electrons. The minimum absolute atomic E-state index is 0. The predicted molar refractivity (Wildman–Crippen MR) is 123 cm³/mol. The molecular formula is C20H40IN5O. The third kappa shape index (κ3) is 7.01. The van der Waals surface area contributed by atoms with Crippen molar-refractivity contribution in [3.05, 3.63) is 0 Å². The fourth-order valence-electron chi connectivity index (χ4n) is 4.82. The van der Waals surface area contributed by atoms with Gasteiger partial charge in [-0.15, -0.1) is 24.0 Å². The maximum absolute atomic E-state index is 5.55. The van der Waals surface area contributed by atoms with Crippen LogP contribution in [0.25, 0.3) is 0 Å². The molecule has 0 aromatic heterocycles. The lowest BCUT2D eigenvalue weighted by Crippen LogP contribution is -2.53. The molecule has 27 heavy (non-hydrogen) atoms. The summed E-state index contributed by atoms with van der Waals surface area (Å²) >= 11 is 0. The summed E-state index contributed by atoms with van der Waals surface area (Å²) in [7, 11) is 1.88. The van der Waals surface area contributed by atoms with E-state index < -0.39 is 0 Å². The molecule has 2 N–H and O–H groups in total. The van der Waals surface area contributed by atoms with Crippen LogP contribution in [0.5, 0.6) is 0 Å². The number of likely N-dealkylation sites (tertiary alicyclic amines) is 1. The SMILES string of the molecule is CN=C(NCC(C)N1CCOCC1C)NC1CCN(CC2CCCC2)C1.I. The van der Waals surface area contributed by atoms with Gasteiger partial charge in [-0.25, -0.2) is 0 Å². The molecule has 0 bridgehead atoms. The van der Waals surface area contributed by atoms with Gasteiger partial charge in [0.05, 0.1) is 13.2 Å². The van der Waals surface area contributed by atoms with Gasteiger partial charge in [-0.2, -0.15) is 0 Å². The highest BCUT2D eigenvalue weighted by Gasteiger charge is 2.27. The van der Waals surface area contributed by atoms with E-state index in [-0.39, 0.29) is 24.0 Å². The molecule has 158 valence electrons. The van der Waals surface area contributed by atoms with E-state index in [2.05, 4.69) is 39.3 Å². The number of morpholine rings is 1. The van der Waals surface area contributed by atoms with E-state index in [1.54, 1.807) is 0 Å². The smallest absolute Gasteiger partial charge is 0.191 e. The molecule has 1 aliphatic carbocycles. The Hall–Kier alpha value is -0.120. The van der Waals surface area contributed by atoms with E-state index in [1.165, 1.54) is 45.2 Å². The van der Waals surface area contributed by atoms with Crippen molar-refractivity contribution in [3.8, 4) is 0 Å². The highest BCUT2D eigenvalue weighted by molar-refractivity contribution is 14.0. The molecule has 0 aromatic rings. The first-order valence-corrected chi connectivity index (χ1v) is 10.7. The topological polar surface area (TPSA) is 52.1 Å². The van der Waals surface area contributed by atoms with Gasteiger partial charge in [-0.05, 0) is 39.0 Å². The monoisotopic (exact) mass is 493 g/mol. The Morgan fingerprint density at radius 3 is 2.70 bits per heavy atom. The average molecular weight is 493 g/mol. The quantitative estimate of drug-likeness (QED) is 0.338. The fraction of sp³-hybridized carbons (Fsp3) is 0.950. The Kier molecular flexibility index (Phi) is 10.1. The first kappa shape index (κ1) is 23.2. The predicted octanol–water partition coefficient (Wildman–Crippen LogP) is 2.14. The molecule has 3 fully saturated rings. The Balaban J connectivity index is 0.00000261. The molecule has 0 aromatic carbocycles. The molecule has 3 atom stereocenters. The van der Waals surface area contributed by atoms with E-state index >= 15 is 0 Å². The lowest BCUT2D eigenvalue weighted by Gasteiger charge is -2.38. The van der Waals surface area contributed by atoms with Crippen molar-refractivity contribution in [2.24, 2.45) is 10.9 Å². The van der Waals surface area contributed by atoms with Gasteiger partial charge < -0.3 is 20.3 Å². The molecule has 2 aliphatic heterocycles. The van der Waals surface area contributed by atoms with Gasteiger partial charge in [0.25, 0.3) is 0 Å². The normalized spacial score (nSPS) is 29.5. The van der Waals surface area contributed by atoms with Crippen LogP contribution in [0.2, 0.25) is 0 Å². The zero-order valence-electron chi connectivity index (χ0n) is 17.5. The third-order valence-corrected chi connectivity index (χ3v) is 6.38. The summed E-state index contributed by atoms with van der Waals surface area (Å²) in [4.78, 5) is 9.63. The molecule has 3 rings (SSSR count). The molecule has 3 unspecified atom stereocenters. The number of nitrogens with zero attached hydrogens (tertiary/aromatic N) is 3. The van der Waals surface area contributed by atoms with Crippen LogP contribution >= 0.6 is 24.0 Å². The van der Waals surface area contributed by atoms with E-state index in [0.717, 1.165) is 44.7 Å². The number of hydrogen-bond donors (Lipinski definition) is 2. The van der Waals surface area contributed by atoms with Crippen molar-refractivity contribution in [1.29, 1.82) is 0 Å². The second kappa shape index (κ2) is 11.8. The number of guanidine groups is 1. The summed E-state index contributed by atoms with van der Waals surface area (Å²) in [5.74, 6) is 1.90. The molecule has 2 saturated heterocycles. The largest absolute Gasteiger partial charge is 0.379 e. The lowest BCUT2D eigenvalue weighted by molar-refractivity contribution is -0.0174. The van der Waals surface area contributed by atoms with Crippen LogP contribution in [0.4, 0.5) is 0 Å². The van der Waals surface area contributed by atoms with Crippen molar-refractivity contribution < 1.29 is 4.74 Å². The van der Waals surface area contributed by atoms with Crippen LogP contribution < -0.4 is 10.6 Å². The number of aliphatic imine (C=N–C) groups is 1. The Bertz CT molecular complexity index is 458. The Morgan fingerprint density at radius 2 is 2.00 bits per heavy atom. The lowest BCUT2D eigenvalue weighted by atomic mass is 10.1. The number of nitrogens with one attached hydrogen (secondary N) is 2. The Labute approximate surface area is 182 Å². The summed E-state index contributed by atoms with van der Waals surface area (Å²) in [6, 6.07) is 1.50. The van der Waals surface area contributed by atoms with Crippen molar-refractivity contribution in [1.82, 2.24) is 20.4 Å². The molecule has 6 nitrogen and oxygen atoms in total. The van der Waals surface area contributed by atoms with Gasteiger partial charge in [-0.1, -0.05) is 12.8 Å². The van der Waals surface area contributed by atoms with E-state index in [4.69, 9.17) is 4.74 Å². The minimum atomic E-state index is 0. The third-order valence-electron chi connectivity index (χ3n) is 6.38. The maximum Gasteiger partial charge on any atom is 0.191 e. The van der Waals surface area contributed by atoms with Gasteiger partial charge in [0, 0.05) is 57.9 Å². The fourth-order valence-corrected chi connectivity index (χ4v) is 4.82. The highest BCUT2D eigenvalue weighted by Crippen LogP contribution is 2.26. The summed E-state index contributed by atoms with van der Waals surface area (Å²) in [5, 5.41) is 7.18. The van der Waals surface area contributed by atoms with Crippen LogP contribution in [0.1, 0.15) is 46.0 Å². The van der Waals surface area contributed by atoms with Crippen LogP contribution in [-0.4, -0.2) is 86.9 Å². The Morgan fingerprint density at radius 1 is 1.22 bits per heavy atom. The molecule has 7 heteroatoms. The minimum Gasteiger partial charge on any atom is -0.379 e. The number of rotatable bonds is 6. The van der Waals surface area contributed by atoms with E-state index in [0.29, 0.717) is 18.1 Å². The van der Waals surface area contributed by atoms with Gasteiger partial charge in [0.2, 0.25) is 0 Å². The van der Waals surface area contributed by atoms with Crippen molar-refractivity contribution >= 4 is 29.9 Å². The van der Waals surface area contributed by atoms with Crippen molar-refractivity contribution in [2.45, 2.75) is 64.1 Å². The number of hydrogen-bond acceptors (Lipinski definition) is 4. The maximum atomic E-state index is 5.55. The number of halogens is 1. The van der Waals surface area contributed by atoms with Crippen LogP contribution in [0.3, 0.4) is 0 Å². The van der Waals surface area contributed by atoms with Crippen molar-refractivity contribution in [2.75, 3.05) is 53.0 Å². The second-order valence-electron chi connectivity index (χ2n) is 8.50. The van der Waals surface area contributed by atoms with Crippen molar-refractivity contribution in [3.63, 3.8) is 0 Å². The van der Waals surface area contributed by atoms with Gasteiger partial charge in [-0.3, -0.25) is 9.89 Å². The number of ether oxygens (including phenoxy) is 1. The summed E-state index contributed by atoms with van der Waals surface area (Å²) in [6.45, 7) is 11.9. The highest BCUT2D eigenvalue weighted by atomic mass is 127. The summed E-state index contributed by atoms with van der Waals surface area (Å²) < 4.78 is 5.55. The van der Waals surface area contributed by atoms with E-state index in [9.17, 15) is 0 Å². The van der Waals surface area contributed by atoms with Gasteiger partial charge in [0.15, 0.2) is 5.96 Å². The first-order chi connectivity index (χ1) is 12.7. The second-order valence-corrected chi connectivity index (χ2v) is 8.50. The zero-order chi connectivity index (χ0) is 18.4. The molecule has 3 aliphatic rings. The zero-order valence-corrected chi connectivity index (χ0v) is 19.8. The van der Waals surface area contributed by atoms with Gasteiger partial charge >= 0.3 is 0 Å². The van der Waals surface area contributed by atoms with Crippen LogP contribution in [0.15, 0.2) is 4.99 Å². The first-order valence-electron chi connectivity index (χ1n) is 10.7. The molecule has 2 heterocycles.